The largest absolute Gasteiger partial charge is 0.496 e. The lowest BCUT2D eigenvalue weighted by Crippen LogP contribution is -2.39. The molecule has 148 valence electrons. The Morgan fingerprint density at radius 1 is 1.18 bits per heavy atom. The fraction of sp³-hybridized carbons (Fsp3) is 0.429. The molecule has 0 bridgehead atoms. The first-order chi connectivity index (χ1) is 13.6. The van der Waals surface area contributed by atoms with Gasteiger partial charge in [0.15, 0.2) is 0 Å². The molecule has 1 saturated heterocycles. The smallest absolute Gasteiger partial charge is 0.329 e. The molecule has 0 spiro atoms. The molecule has 1 aliphatic heterocycles. The van der Waals surface area contributed by atoms with Gasteiger partial charge in [-0.25, -0.2) is 4.79 Å². The normalized spacial score (nSPS) is 16.4. The van der Waals surface area contributed by atoms with E-state index < -0.39 is 0 Å². The van der Waals surface area contributed by atoms with Crippen LogP contribution in [0.4, 0.5) is 0 Å². The molecule has 0 aliphatic carbocycles. The van der Waals surface area contributed by atoms with E-state index in [-0.39, 0.29) is 17.3 Å². The first-order valence-electron chi connectivity index (χ1n) is 9.68. The number of hydrogen-bond acceptors (Lipinski definition) is 5. The maximum atomic E-state index is 12.7. The summed E-state index contributed by atoms with van der Waals surface area (Å²) in [6.07, 6.45) is 3.54. The maximum absolute atomic E-state index is 12.7. The van der Waals surface area contributed by atoms with Crippen molar-refractivity contribution in [1.82, 2.24) is 14.5 Å². The minimum atomic E-state index is -0.351. The van der Waals surface area contributed by atoms with Gasteiger partial charge in [0, 0.05) is 12.1 Å². The van der Waals surface area contributed by atoms with E-state index in [9.17, 15) is 9.59 Å². The van der Waals surface area contributed by atoms with Gasteiger partial charge in [0.1, 0.15) is 10.6 Å². The Morgan fingerprint density at radius 3 is 2.68 bits per heavy atom. The van der Waals surface area contributed by atoms with E-state index in [1.165, 1.54) is 17.8 Å². The van der Waals surface area contributed by atoms with Gasteiger partial charge >= 0.3 is 5.69 Å². The van der Waals surface area contributed by atoms with Gasteiger partial charge in [-0.1, -0.05) is 24.6 Å². The summed E-state index contributed by atoms with van der Waals surface area (Å²) < 4.78 is 7.35. The lowest BCUT2D eigenvalue weighted by atomic mass is 10.0. The summed E-state index contributed by atoms with van der Waals surface area (Å²) in [5.74, 6) is 0.828. The maximum Gasteiger partial charge on any atom is 0.329 e. The highest BCUT2D eigenvalue weighted by Crippen LogP contribution is 2.33. The second-order valence-corrected chi connectivity index (χ2v) is 8.18. The number of aromatic amines is 1. The molecule has 6 nitrogen and oxygen atoms in total. The Kier molecular flexibility index (Phi) is 5.37. The van der Waals surface area contributed by atoms with Crippen LogP contribution in [0.5, 0.6) is 5.75 Å². The number of likely N-dealkylation sites (tertiary alicyclic amines) is 1. The van der Waals surface area contributed by atoms with Crippen LogP contribution in [0.25, 0.3) is 10.2 Å². The van der Waals surface area contributed by atoms with Gasteiger partial charge in [0.05, 0.1) is 18.5 Å². The highest BCUT2D eigenvalue weighted by Gasteiger charge is 2.27. The molecule has 0 amide bonds. The van der Waals surface area contributed by atoms with E-state index in [2.05, 4.69) is 16.0 Å². The van der Waals surface area contributed by atoms with E-state index in [4.69, 9.17) is 4.74 Å². The van der Waals surface area contributed by atoms with Crippen LogP contribution in [0, 0.1) is 6.92 Å². The molecular weight excluding hydrogens is 374 g/mol. The number of fused-ring (bicyclic) bond motifs is 1. The van der Waals surface area contributed by atoms with E-state index in [0.29, 0.717) is 11.9 Å². The van der Waals surface area contributed by atoms with Crippen LogP contribution in [-0.4, -0.2) is 34.7 Å². The van der Waals surface area contributed by atoms with E-state index in [1.807, 2.05) is 30.5 Å². The van der Waals surface area contributed by atoms with Gasteiger partial charge in [0.2, 0.25) is 0 Å². The molecule has 28 heavy (non-hydrogen) atoms. The van der Waals surface area contributed by atoms with Crippen molar-refractivity contribution in [1.29, 1.82) is 0 Å². The number of aryl methyl sites for hydroxylation is 1. The molecule has 4 rings (SSSR count). The molecule has 0 saturated carbocycles. The molecule has 0 radical (unpaired) electrons. The lowest BCUT2D eigenvalue weighted by molar-refractivity contribution is 0.146. The number of thiophene rings is 1. The third-order valence-corrected chi connectivity index (χ3v) is 6.70. The molecular formula is C21H25N3O3S. The van der Waals surface area contributed by atoms with Gasteiger partial charge in [-0.05, 0) is 49.9 Å². The average molecular weight is 400 g/mol. The van der Waals surface area contributed by atoms with Crippen molar-refractivity contribution in [3.05, 3.63) is 61.6 Å². The number of ether oxygens (including phenoxy) is 1. The zero-order valence-corrected chi connectivity index (χ0v) is 17.1. The summed E-state index contributed by atoms with van der Waals surface area (Å²) in [5, 5.41) is 2.55. The van der Waals surface area contributed by atoms with Crippen LogP contribution in [0.15, 0.2) is 39.2 Å². The van der Waals surface area contributed by atoms with Crippen LogP contribution in [0.2, 0.25) is 0 Å². The molecule has 1 atom stereocenters. The highest BCUT2D eigenvalue weighted by atomic mass is 32.1. The topological polar surface area (TPSA) is 67.3 Å². The number of methoxy groups -OCH3 is 1. The summed E-state index contributed by atoms with van der Waals surface area (Å²) in [7, 11) is 1.68. The number of benzene rings is 1. The van der Waals surface area contributed by atoms with Crippen molar-refractivity contribution in [2.45, 2.75) is 38.8 Å². The van der Waals surface area contributed by atoms with E-state index in [1.54, 1.807) is 11.7 Å². The summed E-state index contributed by atoms with van der Waals surface area (Å²) >= 11 is 1.46. The Labute approximate surface area is 167 Å². The van der Waals surface area contributed by atoms with Crippen LogP contribution >= 0.6 is 11.3 Å². The van der Waals surface area contributed by atoms with Crippen molar-refractivity contribution in [2.24, 2.45) is 0 Å². The predicted octanol–water partition coefficient (Wildman–Crippen LogP) is 3.30. The SMILES string of the molecule is COc1ccccc1C(Cn1c(=O)[nH]c(=O)c2c(C)csc21)N1CCCCC1. The Hall–Kier alpha value is -2.38. The minimum absolute atomic E-state index is 0.00524. The van der Waals surface area contributed by atoms with Gasteiger partial charge < -0.3 is 4.74 Å². The molecule has 3 heterocycles. The third kappa shape index (κ3) is 3.40. The van der Waals surface area contributed by atoms with Crippen molar-refractivity contribution in [3.63, 3.8) is 0 Å². The highest BCUT2D eigenvalue weighted by molar-refractivity contribution is 7.17. The Bertz CT molecular complexity index is 1090. The Morgan fingerprint density at radius 2 is 1.93 bits per heavy atom. The van der Waals surface area contributed by atoms with Crippen molar-refractivity contribution in [2.75, 3.05) is 20.2 Å². The van der Waals surface area contributed by atoms with Gasteiger partial charge in [-0.2, -0.15) is 0 Å². The van der Waals surface area contributed by atoms with Gasteiger partial charge in [0.25, 0.3) is 5.56 Å². The molecule has 3 aromatic rings. The number of aromatic nitrogens is 2. The zero-order chi connectivity index (χ0) is 19.7. The molecule has 7 heteroatoms. The quantitative estimate of drug-likeness (QED) is 0.715. The molecule has 2 aromatic heterocycles. The monoisotopic (exact) mass is 399 g/mol. The first kappa shape index (κ1) is 19.0. The van der Waals surface area contributed by atoms with Crippen LogP contribution in [0.1, 0.15) is 36.4 Å². The number of hydrogen-bond donors (Lipinski definition) is 1. The van der Waals surface area contributed by atoms with Crippen molar-refractivity contribution >= 4 is 21.6 Å². The zero-order valence-electron chi connectivity index (χ0n) is 16.2. The fourth-order valence-electron chi connectivity index (χ4n) is 4.15. The number of nitrogens with one attached hydrogen (secondary N) is 1. The number of para-hydroxylation sites is 1. The van der Waals surface area contributed by atoms with Crippen LogP contribution < -0.4 is 16.0 Å². The van der Waals surface area contributed by atoms with Crippen molar-refractivity contribution in [3.8, 4) is 5.75 Å². The fourth-order valence-corrected chi connectivity index (χ4v) is 5.21. The number of rotatable bonds is 5. The van der Waals surface area contributed by atoms with Crippen LogP contribution in [-0.2, 0) is 6.54 Å². The summed E-state index contributed by atoms with van der Waals surface area (Å²) in [6.45, 7) is 4.37. The van der Waals surface area contributed by atoms with Gasteiger partial charge in [-0.15, -0.1) is 11.3 Å². The molecule has 1 aromatic carbocycles. The molecule has 1 unspecified atom stereocenters. The van der Waals surface area contributed by atoms with E-state index >= 15 is 0 Å². The average Bonchev–Trinajstić information content (AvgIpc) is 3.11. The molecule has 1 aliphatic rings. The molecule has 1 N–H and O–H groups in total. The second-order valence-electron chi connectivity index (χ2n) is 7.32. The predicted molar refractivity (Wildman–Crippen MR) is 113 cm³/mol. The summed E-state index contributed by atoms with van der Waals surface area (Å²) in [5.41, 5.74) is 1.33. The first-order valence-corrected chi connectivity index (χ1v) is 10.6. The summed E-state index contributed by atoms with van der Waals surface area (Å²) in [6, 6.07) is 8.02. The third-order valence-electron chi connectivity index (χ3n) is 5.58. The van der Waals surface area contributed by atoms with Gasteiger partial charge in [-0.3, -0.25) is 19.2 Å². The van der Waals surface area contributed by atoms with Crippen LogP contribution in [0.3, 0.4) is 0 Å². The van der Waals surface area contributed by atoms with Crippen molar-refractivity contribution < 1.29 is 4.74 Å². The lowest BCUT2D eigenvalue weighted by Gasteiger charge is -2.35. The minimum Gasteiger partial charge on any atom is -0.496 e. The Balaban J connectivity index is 1.84. The van der Waals surface area contributed by atoms with E-state index in [0.717, 1.165) is 47.6 Å². The number of H-pyrrole nitrogens is 1. The standard InChI is InChI=1S/C21H25N3O3S/c1-14-13-28-20-18(14)19(25)22-21(26)24(20)12-16(23-10-6-3-7-11-23)15-8-4-5-9-17(15)27-2/h4-5,8-9,13,16H,3,6-7,10-12H2,1-2H3,(H,22,25,26). The summed E-state index contributed by atoms with van der Waals surface area (Å²) in [4.78, 5) is 30.7. The number of piperidine rings is 1. The second kappa shape index (κ2) is 7.93. The number of nitrogens with zero attached hydrogens (tertiary/aromatic N) is 2. The molecule has 1 fully saturated rings.